The van der Waals surface area contributed by atoms with E-state index in [4.69, 9.17) is 5.11 Å². The highest BCUT2D eigenvalue weighted by atomic mass is 16.5. The van der Waals surface area contributed by atoms with Crippen molar-refractivity contribution in [1.82, 2.24) is 0 Å². The zero-order valence-corrected chi connectivity index (χ0v) is 7.95. The summed E-state index contributed by atoms with van der Waals surface area (Å²) in [4.78, 5) is 0. The van der Waals surface area contributed by atoms with Crippen LogP contribution in [0.1, 0.15) is 46.0 Å². The van der Waals surface area contributed by atoms with E-state index in [0.717, 1.165) is 19.3 Å². The summed E-state index contributed by atoms with van der Waals surface area (Å²) in [7, 11) is 0. The fourth-order valence-electron chi connectivity index (χ4n) is 1.23. The molecule has 0 rings (SSSR count). The van der Waals surface area contributed by atoms with Gasteiger partial charge in [0.2, 0.25) is 0 Å². The van der Waals surface area contributed by atoms with Crippen LogP contribution in [0.2, 0.25) is 0 Å². The van der Waals surface area contributed by atoms with Gasteiger partial charge in [0, 0.05) is 12.8 Å². The number of hydrogen-bond donors (Lipinski definition) is 3. The SMILES string of the molecule is CCCCCC(O)(O)CC(C)O. The molecule has 3 nitrogen and oxygen atoms in total. The first-order valence-corrected chi connectivity index (χ1v) is 4.61. The Kier molecular flexibility index (Phi) is 5.46. The highest BCUT2D eigenvalue weighted by Gasteiger charge is 2.23. The Bertz CT molecular complexity index is 110. The second kappa shape index (κ2) is 5.51. The van der Waals surface area contributed by atoms with Crippen LogP contribution >= 0.6 is 0 Å². The summed E-state index contributed by atoms with van der Waals surface area (Å²) in [5, 5.41) is 27.5. The molecule has 0 saturated heterocycles. The van der Waals surface area contributed by atoms with Crippen molar-refractivity contribution in [2.45, 2.75) is 57.8 Å². The molecule has 0 heterocycles. The molecule has 0 bridgehead atoms. The van der Waals surface area contributed by atoms with Crippen molar-refractivity contribution in [1.29, 1.82) is 0 Å². The zero-order valence-electron chi connectivity index (χ0n) is 7.95. The third-order valence-electron chi connectivity index (χ3n) is 1.80. The van der Waals surface area contributed by atoms with Crippen molar-refractivity contribution in [2.75, 3.05) is 0 Å². The molecule has 0 saturated carbocycles. The molecule has 1 atom stereocenters. The Balaban J connectivity index is 3.56. The minimum atomic E-state index is -1.68. The summed E-state index contributed by atoms with van der Waals surface area (Å²) < 4.78 is 0. The Morgan fingerprint density at radius 3 is 2.25 bits per heavy atom. The van der Waals surface area contributed by atoms with Crippen molar-refractivity contribution >= 4 is 0 Å². The molecule has 0 fully saturated rings. The number of aliphatic hydroxyl groups is 3. The molecule has 0 aromatic heterocycles. The van der Waals surface area contributed by atoms with Crippen molar-refractivity contribution in [3.63, 3.8) is 0 Å². The van der Waals surface area contributed by atoms with Crippen LogP contribution in [0.15, 0.2) is 0 Å². The first-order chi connectivity index (χ1) is 5.48. The van der Waals surface area contributed by atoms with E-state index in [0.29, 0.717) is 6.42 Å². The normalized spacial score (nSPS) is 14.8. The van der Waals surface area contributed by atoms with E-state index in [1.54, 1.807) is 6.92 Å². The van der Waals surface area contributed by atoms with Crippen molar-refractivity contribution in [3.05, 3.63) is 0 Å². The lowest BCUT2D eigenvalue weighted by Gasteiger charge is -2.22. The van der Waals surface area contributed by atoms with E-state index >= 15 is 0 Å². The topological polar surface area (TPSA) is 60.7 Å². The molecule has 74 valence electrons. The molecule has 0 aromatic carbocycles. The molecule has 12 heavy (non-hydrogen) atoms. The lowest BCUT2D eigenvalue weighted by atomic mass is 10.0. The predicted molar refractivity (Wildman–Crippen MR) is 47.6 cm³/mol. The van der Waals surface area contributed by atoms with Crippen LogP contribution in [0.25, 0.3) is 0 Å². The van der Waals surface area contributed by atoms with Gasteiger partial charge in [0.05, 0.1) is 6.10 Å². The van der Waals surface area contributed by atoms with E-state index in [-0.39, 0.29) is 6.42 Å². The van der Waals surface area contributed by atoms with Crippen LogP contribution in [0, 0.1) is 0 Å². The van der Waals surface area contributed by atoms with Crippen LogP contribution in [0.4, 0.5) is 0 Å². The Morgan fingerprint density at radius 1 is 1.25 bits per heavy atom. The summed E-state index contributed by atoms with van der Waals surface area (Å²) in [6, 6.07) is 0. The fourth-order valence-corrected chi connectivity index (χ4v) is 1.23. The first kappa shape index (κ1) is 11.9. The van der Waals surface area contributed by atoms with E-state index in [9.17, 15) is 10.2 Å². The lowest BCUT2D eigenvalue weighted by Crippen LogP contribution is -2.31. The van der Waals surface area contributed by atoms with Gasteiger partial charge in [-0.05, 0) is 13.3 Å². The van der Waals surface area contributed by atoms with Gasteiger partial charge in [-0.3, -0.25) is 0 Å². The average molecular weight is 176 g/mol. The van der Waals surface area contributed by atoms with Crippen LogP contribution in [0.5, 0.6) is 0 Å². The van der Waals surface area contributed by atoms with Gasteiger partial charge in [-0.15, -0.1) is 0 Å². The highest BCUT2D eigenvalue weighted by Crippen LogP contribution is 2.17. The number of aliphatic hydroxyl groups excluding tert-OH is 1. The van der Waals surface area contributed by atoms with Gasteiger partial charge in [0.1, 0.15) is 0 Å². The molecule has 0 spiro atoms. The fraction of sp³-hybridized carbons (Fsp3) is 1.00. The minimum Gasteiger partial charge on any atom is -0.393 e. The number of rotatable bonds is 6. The molecule has 3 heteroatoms. The van der Waals surface area contributed by atoms with Gasteiger partial charge in [0.15, 0.2) is 5.79 Å². The summed E-state index contributed by atoms with van der Waals surface area (Å²) in [5.41, 5.74) is 0. The van der Waals surface area contributed by atoms with E-state index in [2.05, 4.69) is 6.92 Å². The van der Waals surface area contributed by atoms with Gasteiger partial charge in [-0.1, -0.05) is 19.8 Å². The molecule has 1 unspecified atom stereocenters. The van der Waals surface area contributed by atoms with E-state index in [1.165, 1.54) is 0 Å². The summed E-state index contributed by atoms with van der Waals surface area (Å²) in [6.07, 6.45) is 2.60. The van der Waals surface area contributed by atoms with Gasteiger partial charge in [-0.25, -0.2) is 0 Å². The number of hydrogen-bond acceptors (Lipinski definition) is 3. The summed E-state index contributed by atoms with van der Waals surface area (Å²) in [6.45, 7) is 3.62. The third kappa shape index (κ3) is 6.58. The Hall–Kier alpha value is -0.120. The zero-order chi connectivity index (χ0) is 9.61. The highest BCUT2D eigenvalue weighted by molar-refractivity contribution is 4.67. The third-order valence-corrected chi connectivity index (χ3v) is 1.80. The quantitative estimate of drug-likeness (QED) is 0.418. The second-order valence-corrected chi connectivity index (χ2v) is 3.49. The molecule has 0 aliphatic carbocycles. The van der Waals surface area contributed by atoms with Crippen LogP contribution in [-0.4, -0.2) is 27.2 Å². The molecule has 0 aromatic rings. The van der Waals surface area contributed by atoms with Gasteiger partial charge >= 0.3 is 0 Å². The largest absolute Gasteiger partial charge is 0.393 e. The Labute approximate surface area is 74.0 Å². The lowest BCUT2D eigenvalue weighted by molar-refractivity contribution is -0.184. The van der Waals surface area contributed by atoms with Gasteiger partial charge < -0.3 is 15.3 Å². The summed E-state index contributed by atoms with van der Waals surface area (Å²) >= 11 is 0. The maximum atomic E-state index is 9.31. The molecule has 0 aliphatic rings. The average Bonchev–Trinajstić information content (AvgIpc) is 1.84. The van der Waals surface area contributed by atoms with Crippen molar-refractivity contribution in [3.8, 4) is 0 Å². The van der Waals surface area contributed by atoms with Crippen molar-refractivity contribution in [2.24, 2.45) is 0 Å². The maximum absolute atomic E-state index is 9.31. The molecular weight excluding hydrogens is 156 g/mol. The van der Waals surface area contributed by atoms with E-state index < -0.39 is 11.9 Å². The first-order valence-electron chi connectivity index (χ1n) is 4.61. The van der Waals surface area contributed by atoms with Crippen LogP contribution < -0.4 is 0 Å². The standard InChI is InChI=1S/C9H20O3/c1-3-4-5-6-9(11,12)7-8(2)10/h8,10-12H,3-7H2,1-2H3. The molecule has 0 amide bonds. The van der Waals surface area contributed by atoms with Crippen LogP contribution in [-0.2, 0) is 0 Å². The Morgan fingerprint density at radius 2 is 1.83 bits per heavy atom. The predicted octanol–water partition coefficient (Wildman–Crippen LogP) is 1.02. The maximum Gasteiger partial charge on any atom is 0.164 e. The van der Waals surface area contributed by atoms with Gasteiger partial charge in [-0.2, -0.15) is 0 Å². The second-order valence-electron chi connectivity index (χ2n) is 3.49. The van der Waals surface area contributed by atoms with Crippen LogP contribution in [0.3, 0.4) is 0 Å². The minimum absolute atomic E-state index is 0.0384. The summed E-state index contributed by atoms with van der Waals surface area (Å²) in [5.74, 6) is -1.68. The number of unbranched alkanes of at least 4 members (excludes halogenated alkanes) is 2. The molecular formula is C9H20O3. The van der Waals surface area contributed by atoms with Gasteiger partial charge in [0.25, 0.3) is 0 Å². The molecule has 0 radical (unpaired) electrons. The molecule has 0 aliphatic heterocycles. The van der Waals surface area contributed by atoms with Crippen molar-refractivity contribution < 1.29 is 15.3 Å². The molecule has 3 N–H and O–H groups in total. The van der Waals surface area contributed by atoms with E-state index in [1.807, 2.05) is 0 Å². The smallest absolute Gasteiger partial charge is 0.164 e. The monoisotopic (exact) mass is 176 g/mol.